The van der Waals surface area contributed by atoms with Gasteiger partial charge < -0.3 is 9.47 Å². The van der Waals surface area contributed by atoms with Crippen molar-refractivity contribution in [2.45, 2.75) is 20.0 Å². The second-order valence-corrected chi connectivity index (χ2v) is 5.50. The number of ketones is 1. The molecule has 116 valence electrons. The quantitative estimate of drug-likeness (QED) is 0.708. The molecule has 2 rings (SSSR count). The molecule has 0 radical (unpaired) electrons. The lowest BCUT2D eigenvalue weighted by Gasteiger charge is -2.10. The fraction of sp³-hybridized carbons (Fsp3) is 0.278. The fourth-order valence-corrected chi connectivity index (χ4v) is 2.19. The van der Waals surface area contributed by atoms with E-state index in [1.165, 1.54) is 0 Å². The van der Waals surface area contributed by atoms with E-state index in [0.29, 0.717) is 30.2 Å². The lowest BCUT2D eigenvalue weighted by Crippen LogP contribution is -2.04. The third-order valence-electron chi connectivity index (χ3n) is 3.34. The second kappa shape index (κ2) is 7.97. The Hall–Kier alpha value is -1.84. The molecule has 2 aromatic rings. The maximum absolute atomic E-state index is 11.9. The zero-order valence-corrected chi connectivity index (χ0v) is 13.5. The number of benzene rings is 2. The zero-order valence-electron chi connectivity index (χ0n) is 12.8. The molecule has 0 unspecified atom stereocenters. The number of methoxy groups -OCH3 is 1. The summed E-state index contributed by atoms with van der Waals surface area (Å²) in [6, 6.07) is 13.0. The molecule has 0 amide bonds. The highest BCUT2D eigenvalue weighted by Gasteiger charge is 2.08. The van der Waals surface area contributed by atoms with Gasteiger partial charge in [-0.25, -0.2) is 0 Å². The number of halogens is 1. The molecule has 0 aliphatic rings. The predicted octanol–water partition coefficient (Wildman–Crippen LogP) is 4.45. The van der Waals surface area contributed by atoms with Gasteiger partial charge in [-0.05, 0) is 48.4 Å². The SMILES string of the molecule is COCCC(=O)c1ccc(OCc2ccc(Cl)cc2)c(C)c1. The third kappa shape index (κ3) is 4.58. The number of hydrogen-bond acceptors (Lipinski definition) is 3. The number of carbonyl (C=O) groups is 1. The Bertz CT molecular complexity index is 635. The van der Waals surface area contributed by atoms with Crippen molar-refractivity contribution >= 4 is 17.4 Å². The zero-order chi connectivity index (χ0) is 15.9. The van der Waals surface area contributed by atoms with Crippen molar-refractivity contribution in [3.8, 4) is 5.75 Å². The van der Waals surface area contributed by atoms with E-state index < -0.39 is 0 Å². The van der Waals surface area contributed by atoms with Crippen LogP contribution >= 0.6 is 11.6 Å². The molecular formula is C18H19ClO3. The van der Waals surface area contributed by atoms with E-state index in [2.05, 4.69) is 0 Å². The van der Waals surface area contributed by atoms with Gasteiger partial charge in [0.2, 0.25) is 0 Å². The van der Waals surface area contributed by atoms with Gasteiger partial charge in [-0.1, -0.05) is 23.7 Å². The summed E-state index contributed by atoms with van der Waals surface area (Å²) in [5, 5.41) is 0.707. The van der Waals surface area contributed by atoms with E-state index in [0.717, 1.165) is 16.9 Å². The summed E-state index contributed by atoms with van der Waals surface area (Å²) in [5.74, 6) is 0.854. The number of carbonyl (C=O) groups excluding carboxylic acids is 1. The van der Waals surface area contributed by atoms with Crippen molar-refractivity contribution < 1.29 is 14.3 Å². The topological polar surface area (TPSA) is 35.5 Å². The van der Waals surface area contributed by atoms with E-state index in [-0.39, 0.29) is 5.78 Å². The average molecular weight is 319 g/mol. The molecule has 0 N–H and O–H groups in total. The normalized spacial score (nSPS) is 10.5. The summed E-state index contributed by atoms with van der Waals surface area (Å²) in [4.78, 5) is 11.9. The van der Waals surface area contributed by atoms with Crippen LogP contribution in [0.3, 0.4) is 0 Å². The average Bonchev–Trinajstić information content (AvgIpc) is 2.53. The molecule has 4 heteroatoms. The van der Waals surface area contributed by atoms with Gasteiger partial charge in [0.15, 0.2) is 5.78 Å². The van der Waals surface area contributed by atoms with Crippen LogP contribution in [0.5, 0.6) is 5.75 Å². The fourth-order valence-electron chi connectivity index (χ4n) is 2.07. The number of rotatable bonds is 7. The minimum absolute atomic E-state index is 0.0780. The van der Waals surface area contributed by atoms with Crippen LogP contribution < -0.4 is 4.74 Å². The lowest BCUT2D eigenvalue weighted by molar-refractivity contribution is 0.0932. The van der Waals surface area contributed by atoms with Crippen molar-refractivity contribution in [1.82, 2.24) is 0 Å². The maximum Gasteiger partial charge on any atom is 0.165 e. The van der Waals surface area contributed by atoms with Crippen molar-refractivity contribution in [2.24, 2.45) is 0 Å². The molecule has 0 aliphatic carbocycles. The summed E-state index contributed by atoms with van der Waals surface area (Å²) in [7, 11) is 1.59. The molecule has 0 heterocycles. The van der Waals surface area contributed by atoms with Crippen LogP contribution in [0.25, 0.3) is 0 Å². The summed E-state index contributed by atoms with van der Waals surface area (Å²) in [6.45, 7) is 2.84. The Balaban J connectivity index is 2.00. The van der Waals surface area contributed by atoms with E-state index in [1.54, 1.807) is 13.2 Å². The monoisotopic (exact) mass is 318 g/mol. The molecule has 0 saturated heterocycles. The summed E-state index contributed by atoms with van der Waals surface area (Å²) < 4.78 is 10.7. The largest absolute Gasteiger partial charge is 0.489 e. The molecular weight excluding hydrogens is 300 g/mol. The van der Waals surface area contributed by atoms with Gasteiger partial charge in [-0.2, -0.15) is 0 Å². The lowest BCUT2D eigenvalue weighted by atomic mass is 10.1. The first-order chi connectivity index (χ1) is 10.6. The Morgan fingerprint density at radius 3 is 2.50 bits per heavy atom. The Morgan fingerprint density at radius 1 is 1.14 bits per heavy atom. The van der Waals surface area contributed by atoms with Crippen molar-refractivity contribution in [2.75, 3.05) is 13.7 Å². The molecule has 0 fully saturated rings. The molecule has 0 saturated carbocycles. The van der Waals surface area contributed by atoms with Crippen molar-refractivity contribution in [3.05, 3.63) is 64.2 Å². The van der Waals surface area contributed by atoms with Crippen LogP contribution in [0.1, 0.15) is 27.9 Å². The van der Waals surface area contributed by atoms with Gasteiger partial charge in [0.25, 0.3) is 0 Å². The van der Waals surface area contributed by atoms with Crippen molar-refractivity contribution in [1.29, 1.82) is 0 Å². The van der Waals surface area contributed by atoms with Gasteiger partial charge in [-0.15, -0.1) is 0 Å². The molecule has 0 atom stereocenters. The van der Waals surface area contributed by atoms with E-state index >= 15 is 0 Å². The van der Waals surface area contributed by atoms with Gasteiger partial charge in [-0.3, -0.25) is 4.79 Å². The highest BCUT2D eigenvalue weighted by atomic mass is 35.5. The van der Waals surface area contributed by atoms with Gasteiger partial charge in [0, 0.05) is 24.1 Å². The van der Waals surface area contributed by atoms with Gasteiger partial charge >= 0.3 is 0 Å². The predicted molar refractivity (Wildman–Crippen MR) is 87.8 cm³/mol. The smallest absolute Gasteiger partial charge is 0.165 e. The molecule has 0 aromatic heterocycles. The summed E-state index contributed by atoms with van der Waals surface area (Å²) >= 11 is 5.86. The molecule has 0 aliphatic heterocycles. The second-order valence-electron chi connectivity index (χ2n) is 5.06. The molecule has 0 spiro atoms. The van der Waals surface area contributed by atoms with Crippen LogP contribution in [0, 0.1) is 6.92 Å². The van der Waals surface area contributed by atoms with E-state index in [9.17, 15) is 4.79 Å². The summed E-state index contributed by atoms with van der Waals surface area (Å²) in [5.41, 5.74) is 2.68. The molecule has 2 aromatic carbocycles. The Labute approximate surface area is 135 Å². The van der Waals surface area contributed by atoms with Crippen LogP contribution in [0.4, 0.5) is 0 Å². The number of aryl methyl sites for hydroxylation is 1. The van der Waals surface area contributed by atoms with E-state index in [1.807, 2.05) is 43.3 Å². The standard InChI is InChI=1S/C18H19ClO3/c1-13-11-15(17(20)9-10-21-2)5-8-18(13)22-12-14-3-6-16(19)7-4-14/h3-8,11H,9-10,12H2,1-2H3. The molecule has 3 nitrogen and oxygen atoms in total. The van der Waals surface area contributed by atoms with Gasteiger partial charge in [0.1, 0.15) is 12.4 Å². The number of Topliss-reactive ketones (excluding diaryl/α,β-unsaturated/α-hetero) is 1. The maximum atomic E-state index is 11.9. The first kappa shape index (κ1) is 16.5. The minimum Gasteiger partial charge on any atom is -0.489 e. The van der Waals surface area contributed by atoms with Crippen LogP contribution in [-0.4, -0.2) is 19.5 Å². The highest BCUT2D eigenvalue weighted by Crippen LogP contribution is 2.21. The Kier molecular flexibility index (Phi) is 5.99. The van der Waals surface area contributed by atoms with Gasteiger partial charge in [0.05, 0.1) is 6.61 Å². The molecule has 0 bridgehead atoms. The first-order valence-corrected chi connectivity index (χ1v) is 7.48. The minimum atomic E-state index is 0.0780. The number of hydrogen-bond donors (Lipinski definition) is 0. The van der Waals surface area contributed by atoms with Crippen molar-refractivity contribution in [3.63, 3.8) is 0 Å². The number of ether oxygens (including phenoxy) is 2. The van der Waals surface area contributed by atoms with Crippen LogP contribution in [0.15, 0.2) is 42.5 Å². The highest BCUT2D eigenvalue weighted by molar-refractivity contribution is 6.30. The molecule has 22 heavy (non-hydrogen) atoms. The van der Waals surface area contributed by atoms with E-state index in [4.69, 9.17) is 21.1 Å². The Morgan fingerprint density at radius 2 is 1.86 bits per heavy atom. The summed E-state index contributed by atoms with van der Waals surface area (Å²) in [6.07, 6.45) is 0.390. The first-order valence-electron chi connectivity index (χ1n) is 7.10. The van der Waals surface area contributed by atoms with Crippen LogP contribution in [-0.2, 0) is 11.3 Å². The van der Waals surface area contributed by atoms with Crippen LogP contribution in [0.2, 0.25) is 5.02 Å². The third-order valence-corrected chi connectivity index (χ3v) is 3.59.